The maximum Gasteiger partial charge on any atom is 0.257 e. The highest BCUT2D eigenvalue weighted by molar-refractivity contribution is 7.22. The third-order valence-electron chi connectivity index (χ3n) is 4.24. The van der Waals surface area contributed by atoms with Crippen LogP contribution >= 0.6 is 11.3 Å². The molecule has 0 unspecified atom stereocenters. The molecule has 4 rings (SSSR count). The van der Waals surface area contributed by atoms with Crippen LogP contribution in [0.4, 0.5) is 5.13 Å². The second kappa shape index (κ2) is 5.93. The minimum absolute atomic E-state index is 0.192. The summed E-state index contributed by atoms with van der Waals surface area (Å²) >= 11 is 1.50. The number of benzene rings is 2. The lowest BCUT2D eigenvalue weighted by Gasteiger charge is -2.02. The highest BCUT2D eigenvalue weighted by Crippen LogP contribution is 2.31. The van der Waals surface area contributed by atoms with E-state index in [2.05, 4.69) is 33.6 Å². The van der Waals surface area contributed by atoms with E-state index in [-0.39, 0.29) is 5.91 Å². The molecule has 2 aromatic carbocycles. The topological polar surface area (TPSA) is 72.7 Å². The van der Waals surface area contributed by atoms with E-state index < -0.39 is 0 Å². The summed E-state index contributed by atoms with van der Waals surface area (Å²) in [5.41, 5.74) is 5.40. The zero-order valence-corrected chi connectivity index (χ0v) is 15.0. The Labute approximate surface area is 148 Å². The summed E-state index contributed by atoms with van der Waals surface area (Å²) in [6.45, 7) is 6.83. The largest absolute Gasteiger partial charge is 0.298 e. The standard InChI is InChI=1S/C18H17N5OS/c1-4-23-14-8-7-12(9-13(14)21-22-23)17(24)20-18-19-15-10(2)5-6-11(3)16(15)25-18/h5-9H,4H2,1-3H3,(H,19,20,24). The number of anilines is 1. The Hall–Kier alpha value is -2.80. The van der Waals surface area contributed by atoms with E-state index in [0.717, 1.165) is 33.4 Å². The lowest BCUT2D eigenvalue weighted by molar-refractivity contribution is 0.102. The second-order valence-corrected chi connectivity index (χ2v) is 6.96. The summed E-state index contributed by atoms with van der Waals surface area (Å²) in [6, 6.07) is 9.55. The number of hydrogen-bond donors (Lipinski definition) is 1. The van der Waals surface area contributed by atoms with Crippen LogP contribution in [0.3, 0.4) is 0 Å². The van der Waals surface area contributed by atoms with Crippen molar-refractivity contribution in [3.05, 3.63) is 47.0 Å². The molecular formula is C18H17N5OS. The Morgan fingerprint density at radius 3 is 2.76 bits per heavy atom. The molecule has 6 nitrogen and oxygen atoms in total. The molecule has 0 atom stereocenters. The predicted molar refractivity (Wildman–Crippen MR) is 100 cm³/mol. The van der Waals surface area contributed by atoms with Gasteiger partial charge in [0.2, 0.25) is 0 Å². The molecule has 0 fully saturated rings. The van der Waals surface area contributed by atoms with Crippen LogP contribution in [0.1, 0.15) is 28.4 Å². The summed E-state index contributed by atoms with van der Waals surface area (Å²) in [4.78, 5) is 17.2. The van der Waals surface area contributed by atoms with E-state index >= 15 is 0 Å². The molecule has 1 amide bonds. The summed E-state index contributed by atoms with van der Waals surface area (Å²) in [7, 11) is 0. The minimum Gasteiger partial charge on any atom is -0.298 e. The lowest BCUT2D eigenvalue weighted by Crippen LogP contribution is -2.11. The molecule has 0 aliphatic rings. The molecule has 0 aliphatic carbocycles. The van der Waals surface area contributed by atoms with Crippen LogP contribution in [0, 0.1) is 13.8 Å². The van der Waals surface area contributed by atoms with Gasteiger partial charge in [0.05, 0.1) is 15.7 Å². The number of nitrogens with zero attached hydrogens (tertiary/aromatic N) is 4. The Morgan fingerprint density at radius 1 is 1.20 bits per heavy atom. The van der Waals surface area contributed by atoms with Crippen LogP contribution in [-0.2, 0) is 6.54 Å². The number of carbonyl (C=O) groups is 1. The molecular weight excluding hydrogens is 334 g/mol. The van der Waals surface area contributed by atoms with Crippen molar-refractivity contribution in [2.75, 3.05) is 5.32 Å². The van der Waals surface area contributed by atoms with Gasteiger partial charge in [0, 0.05) is 12.1 Å². The van der Waals surface area contributed by atoms with Gasteiger partial charge in [-0.1, -0.05) is 28.7 Å². The van der Waals surface area contributed by atoms with Crippen molar-refractivity contribution in [1.82, 2.24) is 20.0 Å². The number of fused-ring (bicyclic) bond motifs is 2. The number of amides is 1. The molecule has 7 heteroatoms. The molecule has 0 saturated carbocycles. The second-order valence-electron chi connectivity index (χ2n) is 5.96. The summed E-state index contributed by atoms with van der Waals surface area (Å²) in [6.07, 6.45) is 0. The van der Waals surface area contributed by atoms with Crippen molar-refractivity contribution in [2.45, 2.75) is 27.3 Å². The smallest absolute Gasteiger partial charge is 0.257 e. The van der Waals surface area contributed by atoms with Crippen molar-refractivity contribution in [1.29, 1.82) is 0 Å². The Bertz CT molecular complexity index is 1070. The fraction of sp³-hybridized carbons (Fsp3) is 0.222. The number of carbonyl (C=O) groups excluding carboxylic acids is 1. The summed E-state index contributed by atoms with van der Waals surface area (Å²) in [5.74, 6) is -0.192. The number of aromatic nitrogens is 4. The van der Waals surface area contributed by atoms with Crippen LogP contribution in [0.5, 0.6) is 0 Å². The quantitative estimate of drug-likeness (QED) is 0.607. The molecule has 0 spiro atoms. The number of rotatable bonds is 3. The Balaban J connectivity index is 1.66. The zero-order chi connectivity index (χ0) is 17.6. The Kier molecular flexibility index (Phi) is 3.73. The maximum absolute atomic E-state index is 12.6. The lowest BCUT2D eigenvalue weighted by atomic mass is 10.1. The van der Waals surface area contributed by atoms with Crippen LogP contribution in [-0.4, -0.2) is 25.9 Å². The average Bonchev–Trinajstić information content (AvgIpc) is 3.22. The van der Waals surface area contributed by atoms with Gasteiger partial charge in [-0.2, -0.15) is 0 Å². The van der Waals surface area contributed by atoms with Crippen molar-refractivity contribution in [3.8, 4) is 0 Å². The van der Waals surface area contributed by atoms with E-state index in [9.17, 15) is 4.79 Å². The van der Waals surface area contributed by atoms with Gasteiger partial charge >= 0.3 is 0 Å². The van der Waals surface area contributed by atoms with Crippen LogP contribution in [0.2, 0.25) is 0 Å². The summed E-state index contributed by atoms with van der Waals surface area (Å²) < 4.78 is 2.91. The van der Waals surface area contributed by atoms with Crippen molar-refractivity contribution >= 4 is 43.6 Å². The van der Waals surface area contributed by atoms with Gasteiger partial charge in [-0.3, -0.25) is 10.1 Å². The molecule has 2 heterocycles. The van der Waals surface area contributed by atoms with E-state index in [1.54, 1.807) is 16.8 Å². The molecule has 4 aromatic rings. The van der Waals surface area contributed by atoms with E-state index in [1.165, 1.54) is 11.3 Å². The number of aryl methyl sites for hydroxylation is 3. The van der Waals surface area contributed by atoms with Gasteiger partial charge in [-0.05, 0) is 50.1 Å². The van der Waals surface area contributed by atoms with Crippen LogP contribution < -0.4 is 5.32 Å². The van der Waals surface area contributed by atoms with Crippen LogP contribution in [0.15, 0.2) is 30.3 Å². The molecule has 1 N–H and O–H groups in total. The molecule has 25 heavy (non-hydrogen) atoms. The highest BCUT2D eigenvalue weighted by Gasteiger charge is 2.14. The van der Waals surface area contributed by atoms with Crippen molar-refractivity contribution in [3.63, 3.8) is 0 Å². The van der Waals surface area contributed by atoms with Crippen LogP contribution in [0.25, 0.3) is 21.3 Å². The molecule has 0 bridgehead atoms. The van der Waals surface area contributed by atoms with Gasteiger partial charge < -0.3 is 0 Å². The highest BCUT2D eigenvalue weighted by atomic mass is 32.1. The van der Waals surface area contributed by atoms with Gasteiger partial charge in [-0.25, -0.2) is 9.67 Å². The minimum atomic E-state index is -0.192. The van der Waals surface area contributed by atoms with Gasteiger partial charge in [0.15, 0.2) is 5.13 Å². The number of hydrogen-bond acceptors (Lipinski definition) is 5. The first kappa shape index (κ1) is 15.7. The SMILES string of the molecule is CCn1nnc2cc(C(=O)Nc3nc4c(C)ccc(C)c4s3)ccc21. The molecule has 0 radical (unpaired) electrons. The molecule has 2 aromatic heterocycles. The average molecular weight is 351 g/mol. The fourth-order valence-electron chi connectivity index (χ4n) is 2.83. The van der Waals surface area contributed by atoms with Gasteiger partial charge in [0.25, 0.3) is 5.91 Å². The monoisotopic (exact) mass is 351 g/mol. The predicted octanol–water partition coefficient (Wildman–Crippen LogP) is 3.93. The van der Waals surface area contributed by atoms with Gasteiger partial charge in [-0.15, -0.1) is 5.10 Å². The summed E-state index contributed by atoms with van der Waals surface area (Å²) in [5, 5.41) is 11.7. The van der Waals surface area contributed by atoms with E-state index in [0.29, 0.717) is 16.2 Å². The first-order valence-corrected chi connectivity index (χ1v) is 8.90. The normalized spacial score (nSPS) is 11.3. The van der Waals surface area contributed by atoms with Crippen molar-refractivity contribution in [2.24, 2.45) is 0 Å². The number of nitrogens with one attached hydrogen (secondary N) is 1. The molecule has 0 saturated heterocycles. The Morgan fingerprint density at radius 2 is 2.00 bits per heavy atom. The first-order chi connectivity index (χ1) is 12.1. The third-order valence-corrected chi connectivity index (χ3v) is 5.34. The maximum atomic E-state index is 12.6. The zero-order valence-electron chi connectivity index (χ0n) is 14.2. The van der Waals surface area contributed by atoms with Crippen molar-refractivity contribution < 1.29 is 4.79 Å². The fourth-order valence-corrected chi connectivity index (χ4v) is 3.84. The van der Waals surface area contributed by atoms with Gasteiger partial charge in [0.1, 0.15) is 5.52 Å². The van der Waals surface area contributed by atoms with E-state index in [4.69, 9.17) is 0 Å². The van der Waals surface area contributed by atoms with E-state index in [1.807, 2.05) is 26.0 Å². The number of thiazole rings is 1. The molecule has 126 valence electrons. The first-order valence-electron chi connectivity index (χ1n) is 8.08. The third kappa shape index (κ3) is 2.66. The molecule has 0 aliphatic heterocycles.